The van der Waals surface area contributed by atoms with Crippen LogP contribution in [0.25, 0.3) is 5.57 Å². The Morgan fingerprint density at radius 1 is 1.07 bits per heavy atom. The number of hydrogen-bond acceptors (Lipinski definition) is 1. The Bertz CT molecular complexity index is 332. The highest BCUT2D eigenvalue weighted by Crippen LogP contribution is 2.19. The van der Waals surface area contributed by atoms with Gasteiger partial charge in [-0.1, -0.05) is 18.2 Å². The summed E-state index contributed by atoms with van der Waals surface area (Å²) in [4.78, 5) is 0. The van der Waals surface area contributed by atoms with Gasteiger partial charge in [0.2, 0.25) is 0 Å². The summed E-state index contributed by atoms with van der Waals surface area (Å²) in [5.41, 5.74) is 2.48. The van der Waals surface area contributed by atoms with Crippen molar-refractivity contribution in [2.45, 2.75) is 12.8 Å². The molecule has 1 aliphatic rings. The zero-order chi connectivity index (χ0) is 9.80. The zero-order valence-electron chi connectivity index (χ0n) is 8.50. The van der Waals surface area contributed by atoms with E-state index in [-0.39, 0.29) is 18.2 Å². The molecule has 0 unspecified atom stereocenters. The van der Waals surface area contributed by atoms with Gasteiger partial charge in [0.05, 0.1) is 0 Å². The molecule has 1 aliphatic heterocycles. The van der Waals surface area contributed by atoms with Crippen LogP contribution in [0.2, 0.25) is 0 Å². The predicted octanol–water partition coefficient (Wildman–Crippen LogP) is 3.01. The monoisotopic (exact) mass is 227 g/mol. The molecule has 1 aromatic rings. The molecule has 0 aliphatic carbocycles. The van der Waals surface area contributed by atoms with Gasteiger partial charge >= 0.3 is 0 Å². The minimum atomic E-state index is -0.166. The standard InChI is InChI=1S/C12H14FN.ClH/c13-12-5-3-11(4-6-12)10-2-1-8-14-9-7-10;/h2-6,14H,1,7-9H2;1H. The van der Waals surface area contributed by atoms with Crippen molar-refractivity contribution < 1.29 is 4.39 Å². The molecule has 0 radical (unpaired) electrons. The van der Waals surface area contributed by atoms with Gasteiger partial charge in [-0.15, -0.1) is 12.4 Å². The molecule has 0 saturated heterocycles. The van der Waals surface area contributed by atoms with Crippen molar-refractivity contribution in [3.63, 3.8) is 0 Å². The van der Waals surface area contributed by atoms with Crippen LogP contribution < -0.4 is 5.32 Å². The molecule has 0 atom stereocenters. The second-order valence-corrected chi connectivity index (χ2v) is 3.52. The minimum absolute atomic E-state index is 0. The number of hydrogen-bond donors (Lipinski definition) is 1. The van der Waals surface area contributed by atoms with Gasteiger partial charge in [0, 0.05) is 0 Å². The Morgan fingerprint density at radius 2 is 1.80 bits per heavy atom. The maximum atomic E-state index is 12.7. The van der Waals surface area contributed by atoms with Crippen molar-refractivity contribution in [3.8, 4) is 0 Å². The van der Waals surface area contributed by atoms with Gasteiger partial charge < -0.3 is 5.32 Å². The molecule has 1 aromatic carbocycles. The molecule has 1 N–H and O–H groups in total. The Labute approximate surface area is 95.8 Å². The topological polar surface area (TPSA) is 12.0 Å². The summed E-state index contributed by atoms with van der Waals surface area (Å²) < 4.78 is 12.7. The van der Waals surface area contributed by atoms with E-state index in [0.717, 1.165) is 31.5 Å². The Balaban J connectivity index is 0.00000112. The van der Waals surface area contributed by atoms with Gasteiger partial charge in [0.15, 0.2) is 0 Å². The number of nitrogens with one attached hydrogen (secondary N) is 1. The molecule has 1 nitrogen and oxygen atoms in total. The summed E-state index contributed by atoms with van der Waals surface area (Å²) in [7, 11) is 0. The van der Waals surface area contributed by atoms with Crippen LogP contribution in [0.15, 0.2) is 30.3 Å². The summed E-state index contributed by atoms with van der Waals surface area (Å²) in [6, 6.07) is 6.75. The lowest BCUT2D eigenvalue weighted by Crippen LogP contribution is -2.13. The van der Waals surface area contributed by atoms with Crippen LogP contribution in [0.1, 0.15) is 18.4 Å². The second kappa shape index (κ2) is 5.89. The molecule has 0 amide bonds. The smallest absolute Gasteiger partial charge is 0.123 e. The van der Waals surface area contributed by atoms with Crippen molar-refractivity contribution in [1.82, 2.24) is 5.32 Å². The fourth-order valence-electron chi connectivity index (χ4n) is 1.72. The van der Waals surface area contributed by atoms with E-state index in [1.807, 2.05) is 12.1 Å². The van der Waals surface area contributed by atoms with Gasteiger partial charge in [-0.25, -0.2) is 4.39 Å². The summed E-state index contributed by atoms with van der Waals surface area (Å²) in [6.07, 6.45) is 4.34. The average Bonchev–Trinajstić information content (AvgIpc) is 2.47. The minimum Gasteiger partial charge on any atom is -0.316 e. The van der Waals surface area contributed by atoms with Gasteiger partial charge in [0.1, 0.15) is 5.82 Å². The third-order valence-corrected chi connectivity index (χ3v) is 2.50. The van der Waals surface area contributed by atoms with Gasteiger partial charge in [-0.3, -0.25) is 0 Å². The SMILES string of the molecule is Cl.Fc1ccc(C2=CCCNCC2)cc1. The van der Waals surface area contributed by atoms with Crippen molar-refractivity contribution in [3.05, 3.63) is 41.7 Å². The van der Waals surface area contributed by atoms with Crippen LogP contribution in [0.3, 0.4) is 0 Å². The maximum Gasteiger partial charge on any atom is 0.123 e. The van der Waals surface area contributed by atoms with Gasteiger partial charge in [-0.05, 0) is 49.2 Å². The van der Waals surface area contributed by atoms with Gasteiger partial charge in [-0.2, -0.15) is 0 Å². The summed E-state index contributed by atoms with van der Waals surface area (Å²) in [5, 5.41) is 3.33. The fraction of sp³-hybridized carbons (Fsp3) is 0.333. The molecular formula is C12H15ClFN. The molecule has 0 spiro atoms. The summed E-state index contributed by atoms with van der Waals surface area (Å²) in [6.45, 7) is 2.06. The van der Waals surface area contributed by atoms with E-state index in [1.54, 1.807) is 0 Å². The van der Waals surface area contributed by atoms with E-state index in [4.69, 9.17) is 0 Å². The van der Waals surface area contributed by atoms with Crippen LogP contribution in [-0.4, -0.2) is 13.1 Å². The highest BCUT2D eigenvalue weighted by Gasteiger charge is 2.04. The highest BCUT2D eigenvalue weighted by atomic mass is 35.5. The Kier molecular flexibility index (Phi) is 4.79. The van der Waals surface area contributed by atoms with E-state index < -0.39 is 0 Å². The third kappa shape index (κ3) is 3.33. The van der Waals surface area contributed by atoms with E-state index >= 15 is 0 Å². The third-order valence-electron chi connectivity index (χ3n) is 2.50. The van der Waals surface area contributed by atoms with Crippen LogP contribution >= 0.6 is 12.4 Å². The normalized spacial score (nSPS) is 16.2. The molecule has 0 aromatic heterocycles. The maximum absolute atomic E-state index is 12.7. The molecule has 15 heavy (non-hydrogen) atoms. The summed E-state index contributed by atoms with van der Waals surface area (Å²) >= 11 is 0. The first-order valence-electron chi connectivity index (χ1n) is 5.02. The van der Waals surface area contributed by atoms with E-state index in [9.17, 15) is 4.39 Å². The fourth-order valence-corrected chi connectivity index (χ4v) is 1.72. The molecule has 1 heterocycles. The van der Waals surface area contributed by atoms with Crippen molar-refractivity contribution in [2.24, 2.45) is 0 Å². The molecular weight excluding hydrogens is 213 g/mol. The first kappa shape index (κ1) is 12.2. The molecule has 0 bridgehead atoms. The lowest BCUT2D eigenvalue weighted by atomic mass is 10.0. The first-order chi connectivity index (χ1) is 6.86. The Morgan fingerprint density at radius 3 is 2.53 bits per heavy atom. The highest BCUT2D eigenvalue weighted by molar-refractivity contribution is 5.85. The van der Waals surface area contributed by atoms with Crippen molar-refractivity contribution in [2.75, 3.05) is 13.1 Å². The zero-order valence-corrected chi connectivity index (χ0v) is 9.32. The van der Waals surface area contributed by atoms with E-state index in [0.29, 0.717) is 0 Å². The predicted molar refractivity (Wildman–Crippen MR) is 63.7 cm³/mol. The van der Waals surface area contributed by atoms with E-state index in [1.165, 1.54) is 17.7 Å². The first-order valence-corrected chi connectivity index (χ1v) is 5.02. The summed E-state index contributed by atoms with van der Waals surface area (Å²) in [5.74, 6) is -0.166. The molecule has 2 rings (SSSR count). The second-order valence-electron chi connectivity index (χ2n) is 3.52. The number of halogens is 2. The van der Waals surface area contributed by atoms with Crippen LogP contribution in [0.5, 0.6) is 0 Å². The largest absolute Gasteiger partial charge is 0.316 e. The van der Waals surface area contributed by atoms with Crippen molar-refractivity contribution in [1.29, 1.82) is 0 Å². The average molecular weight is 228 g/mol. The molecule has 82 valence electrons. The van der Waals surface area contributed by atoms with Gasteiger partial charge in [0.25, 0.3) is 0 Å². The van der Waals surface area contributed by atoms with Crippen molar-refractivity contribution >= 4 is 18.0 Å². The lowest BCUT2D eigenvalue weighted by Gasteiger charge is -2.04. The molecule has 0 fully saturated rings. The molecule has 3 heteroatoms. The van der Waals surface area contributed by atoms with Crippen LogP contribution in [-0.2, 0) is 0 Å². The van der Waals surface area contributed by atoms with Crippen LogP contribution in [0.4, 0.5) is 4.39 Å². The number of benzene rings is 1. The Hall–Kier alpha value is -0.860. The quantitative estimate of drug-likeness (QED) is 0.778. The number of rotatable bonds is 1. The van der Waals surface area contributed by atoms with E-state index in [2.05, 4.69) is 11.4 Å². The van der Waals surface area contributed by atoms with Crippen LogP contribution in [0, 0.1) is 5.82 Å². The lowest BCUT2D eigenvalue weighted by molar-refractivity contribution is 0.627. The molecule has 0 saturated carbocycles.